The molecule has 4 rings (SSSR count). The number of esters is 1. The number of fused-ring (bicyclic) bond motifs is 1. The number of rotatable bonds is 5. The van der Waals surface area contributed by atoms with Gasteiger partial charge in [0.1, 0.15) is 5.01 Å². The van der Waals surface area contributed by atoms with E-state index in [9.17, 15) is 9.59 Å². The fraction of sp³-hybridized carbons (Fsp3) is 0.261. The minimum Gasteiger partial charge on any atom is -0.448 e. The normalized spacial score (nSPS) is 16.5. The number of carbonyl (C=O) groups is 2. The van der Waals surface area contributed by atoms with E-state index in [4.69, 9.17) is 4.74 Å². The summed E-state index contributed by atoms with van der Waals surface area (Å²) in [5.41, 5.74) is 3.58. The highest BCUT2D eigenvalue weighted by atomic mass is 32.1. The average molecular weight is 407 g/mol. The van der Waals surface area contributed by atoms with E-state index in [1.807, 2.05) is 42.5 Å². The predicted octanol–water partition coefficient (Wildman–Crippen LogP) is 4.55. The Labute approximate surface area is 173 Å². The molecule has 0 fully saturated rings. The fourth-order valence-corrected chi connectivity index (χ4v) is 4.34. The Kier molecular flexibility index (Phi) is 5.71. The molecule has 2 atom stereocenters. The molecule has 29 heavy (non-hydrogen) atoms. The van der Waals surface area contributed by atoms with Crippen LogP contribution in [0.4, 0.5) is 0 Å². The highest BCUT2D eigenvalue weighted by Gasteiger charge is 2.26. The summed E-state index contributed by atoms with van der Waals surface area (Å²) in [5.74, 6) is -0.881. The SMILES string of the molecule is C[C@@H](OC(=O)c1csc(-c2ccccc2)n1)C(=O)N[C@H]1CCCc2ccccc21. The fourth-order valence-electron chi connectivity index (χ4n) is 3.55. The van der Waals surface area contributed by atoms with Crippen LogP contribution in [0.1, 0.15) is 47.4 Å². The maximum Gasteiger partial charge on any atom is 0.358 e. The summed E-state index contributed by atoms with van der Waals surface area (Å²) in [6, 6.07) is 17.8. The van der Waals surface area contributed by atoms with Crippen LogP contribution < -0.4 is 5.32 Å². The second-order valence-electron chi connectivity index (χ2n) is 7.10. The molecule has 1 aliphatic carbocycles. The van der Waals surface area contributed by atoms with Gasteiger partial charge in [-0.05, 0) is 37.3 Å². The molecular formula is C23H22N2O3S. The van der Waals surface area contributed by atoms with E-state index in [-0.39, 0.29) is 17.6 Å². The predicted molar refractivity (Wildman–Crippen MR) is 113 cm³/mol. The number of benzene rings is 2. The molecule has 1 amide bonds. The van der Waals surface area contributed by atoms with Gasteiger partial charge in [-0.2, -0.15) is 0 Å². The van der Waals surface area contributed by atoms with Gasteiger partial charge in [0, 0.05) is 10.9 Å². The number of nitrogens with zero attached hydrogens (tertiary/aromatic N) is 1. The van der Waals surface area contributed by atoms with Crippen LogP contribution in [-0.4, -0.2) is 23.0 Å². The molecule has 1 heterocycles. The van der Waals surface area contributed by atoms with Crippen LogP contribution in [0.2, 0.25) is 0 Å². The average Bonchev–Trinajstić information content (AvgIpc) is 3.25. The third kappa shape index (κ3) is 4.38. The highest BCUT2D eigenvalue weighted by Crippen LogP contribution is 2.29. The zero-order valence-electron chi connectivity index (χ0n) is 16.1. The molecule has 0 saturated carbocycles. The zero-order valence-corrected chi connectivity index (χ0v) is 16.9. The molecule has 0 bridgehead atoms. The molecule has 0 aliphatic heterocycles. The maximum absolute atomic E-state index is 12.6. The third-order valence-electron chi connectivity index (χ3n) is 5.07. The molecule has 0 radical (unpaired) electrons. The minimum absolute atomic E-state index is 0.0439. The van der Waals surface area contributed by atoms with Crippen molar-refractivity contribution in [3.05, 3.63) is 76.8 Å². The van der Waals surface area contributed by atoms with Gasteiger partial charge in [0.2, 0.25) is 0 Å². The largest absolute Gasteiger partial charge is 0.448 e. The number of hydrogen-bond acceptors (Lipinski definition) is 5. The number of hydrogen-bond donors (Lipinski definition) is 1. The van der Waals surface area contributed by atoms with Gasteiger partial charge in [-0.15, -0.1) is 11.3 Å². The molecule has 0 saturated heterocycles. The summed E-state index contributed by atoms with van der Waals surface area (Å²) in [7, 11) is 0. The van der Waals surface area contributed by atoms with Crippen molar-refractivity contribution in [3.63, 3.8) is 0 Å². The van der Waals surface area contributed by atoms with Gasteiger partial charge < -0.3 is 10.1 Å². The third-order valence-corrected chi connectivity index (χ3v) is 5.96. The Morgan fingerprint density at radius 3 is 2.72 bits per heavy atom. The molecule has 1 aliphatic rings. The molecule has 1 aromatic heterocycles. The Hall–Kier alpha value is -2.99. The highest BCUT2D eigenvalue weighted by molar-refractivity contribution is 7.13. The smallest absolute Gasteiger partial charge is 0.358 e. The summed E-state index contributed by atoms with van der Waals surface area (Å²) in [5, 5.41) is 5.43. The lowest BCUT2D eigenvalue weighted by Gasteiger charge is -2.27. The number of aryl methyl sites for hydroxylation is 1. The molecule has 1 N–H and O–H groups in total. The van der Waals surface area contributed by atoms with E-state index >= 15 is 0 Å². The summed E-state index contributed by atoms with van der Waals surface area (Å²) in [4.78, 5) is 29.4. The van der Waals surface area contributed by atoms with Gasteiger partial charge in [-0.1, -0.05) is 54.6 Å². The van der Waals surface area contributed by atoms with Crippen molar-refractivity contribution < 1.29 is 14.3 Å². The van der Waals surface area contributed by atoms with Crippen LogP contribution in [0.15, 0.2) is 60.0 Å². The van der Waals surface area contributed by atoms with E-state index in [1.54, 1.807) is 12.3 Å². The lowest BCUT2D eigenvalue weighted by atomic mass is 9.87. The first kappa shape index (κ1) is 19.3. The van der Waals surface area contributed by atoms with E-state index in [0.29, 0.717) is 0 Å². The molecule has 148 valence electrons. The van der Waals surface area contributed by atoms with Gasteiger partial charge in [0.25, 0.3) is 5.91 Å². The minimum atomic E-state index is -0.890. The number of nitrogens with one attached hydrogen (secondary N) is 1. The Balaban J connectivity index is 1.38. The van der Waals surface area contributed by atoms with Crippen LogP contribution in [0.3, 0.4) is 0 Å². The van der Waals surface area contributed by atoms with Gasteiger partial charge in [-0.3, -0.25) is 4.79 Å². The first-order valence-electron chi connectivity index (χ1n) is 9.72. The van der Waals surface area contributed by atoms with E-state index < -0.39 is 12.1 Å². The molecule has 0 unspecified atom stereocenters. The number of carbonyl (C=O) groups excluding carboxylic acids is 2. The zero-order chi connectivity index (χ0) is 20.2. The quantitative estimate of drug-likeness (QED) is 0.631. The van der Waals surface area contributed by atoms with Crippen LogP contribution in [-0.2, 0) is 16.0 Å². The van der Waals surface area contributed by atoms with Crippen molar-refractivity contribution in [1.29, 1.82) is 0 Å². The number of ether oxygens (including phenoxy) is 1. The summed E-state index contributed by atoms with van der Waals surface area (Å²) in [6.07, 6.45) is 2.05. The molecule has 5 nitrogen and oxygen atoms in total. The van der Waals surface area contributed by atoms with Crippen molar-refractivity contribution >= 4 is 23.2 Å². The van der Waals surface area contributed by atoms with Crippen LogP contribution in [0.25, 0.3) is 10.6 Å². The first-order chi connectivity index (χ1) is 14.1. The first-order valence-corrected chi connectivity index (χ1v) is 10.6. The van der Waals surface area contributed by atoms with Gasteiger partial charge >= 0.3 is 5.97 Å². The van der Waals surface area contributed by atoms with Gasteiger partial charge in [-0.25, -0.2) is 9.78 Å². The Morgan fingerprint density at radius 2 is 1.90 bits per heavy atom. The van der Waals surface area contributed by atoms with Crippen molar-refractivity contribution in [2.24, 2.45) is 0 Å². The van der Waals surface area contributed by atoms with Gasteiger partial charge in [0.05, 0.1) is 6.04 Å². The molecule has 0 spiro atoms. The number of amides is 1. The van der Waals surface area contributed by atoms with Crippen molar-refractivity contribution in [1.82, 2.24) is 10.3 Å². The van der Waals surface area contributed by atoms with E-state index in [2.05, 4.69) is 22.4 Å². The van der Waals surface area contributed by atoms with Crippen LogP contribution in [0, 0.1) is 0 Å². The second-order valence-corrected chi connectivity index (χ2v) is 7.96. The van der Waals surface area contributed by atoms with Crippen LogP contribution >= 0.6 is 11.3 Å². The molecular weight excluding hydrogens is 384 g/mol. The van der Waals surface area contributed by atoms with E-state index in [0.717, 1.165) is 35.4 Å². The topological polar surface area (TPSA) is 68.3 Å². The van der Waals surface area contributed by atoms with Gasteiger partial charge in [0.15, 0.2) is 11.8 Å². The van der Waals surface area contributed by atoms with E-state index in [1.165, 1.54) is 16.9 Å². The molecule has 2 aromatic carbocycles. The van der Waals surface area contributed by atoms with Crippen molar-refractivity contribution in [3.8, 4) is 10.6 Å². The summed E-state index contributed by atoms with van der Waals surface area (Å²) in [6.45, 7) is 1.59. The number of aromatic nitrogens is 1. The second kappa shape index (κ2) is 8.57. The molecule has 3 aromatic rings. The monoisotopic (exact) mass is 406 g/mol. The van der Waals surface area contributed by atoms with Crippen molar-refractivity contribution in [2.75, 3.05) is 0 Å². The van der Waals surface area contributed by atoms with Crippen molar-refractivity contribution in [2.45, 2.75) is 38.3 Å². The standard InChI is InChI=1S/C23H22N2O3S/c1-15(21(26)24-19-13-7-11-16-8-5-6-12-18(16)19)28-23(27)20-14-29-22(25-20)17-9-3-2-4-10-17/h2-6,8-10,12,14-15,19H,7,11,13H2,1H3,(H,24,26)/t15-,19+/m1/s1. The number of thiazole rings is 1. The molecule has 6 heteroatoms. The Bertz CT molecular complexity index is 1020. The lowest BCUT2D eigenvalue weighted by Crippen LogP contribution is -2.39. The lowest BCUT2D eigenvalue weighted by molar-refractivity contribution is -0.130. The Morgan fingerprint density at radius 1 is 1.14 bits per heavy atom. The summed E-state index contributed by atoms with van der Waals surface area (Å²) < 4.78 is 5.37. The van der Waals surface area contributed by atoms with Crippen LogP contribution in [0.5, 0.6) is 0 Å². The maximum atomic E-state index is 12.6. The summed E-state index contributed by atoms with van der Waals surface area (Å²) >= 11 is 1.37.